The van der Waals surface area contributed by atoms with Crippen molar-refractivity contribution < 1.29 is 32.5 Å². The fraction of sp³-hybridized carbons (Fsp3) is 0.605. The van der Waals surface area contributed by atoms with E-state index in [9.17, 15) is 27.6 Å². The van der Waals surface area contributed by atoms with Crippen LogP contribution in [0.15, 0.2) is 51.5 Å². The van der Waals surface area contributed by atoms with Gasteiger partial charge in [-0.2, -0.15) is 13.2 Å². The highest BCUT2D eigenvalue weighted by atomic mass is 19.4. The zero-order valence-corrected chi connectivity index (χ0v) is 33.1. The van der Waals surface area contributed by atoms with Gasteiger partial charge in [-0.3, -0.25) is 28.9 Å². The van der Waals surface area contributed by atoms with Gasteiger partial charge in [-0.05, 0) is 70.7 Å². The second-order valence-corrected chi connectivity index (χ2v) is 15.1. The summed E-state index contributed by atoms with van der Waals surface area (Å²) in [6, 6.07) is 4.97. The second kappa shape index (κ2) is 18.3. The molecule has 0 aliphatic carbocycles. The summed E-state index contributed by atoms with van der Waals surface area (Å²) >= 11 is 0. The first-order valence-electron chi connectivity index (χ1n) is 18.9. The molecule has 0 radical (unpaired) electrons. The van der Waals surface area contributed by atoms with Gasteiger partial charge in [0.15, 0.2) is 0 Å². The van der Waals surface area contributed by atoms with E-state index in [0.717, 1.165) is 50.2 Å². The zero-order chi connectivity index (χ0) is 41.7. The summed E-state index contributed by atoms with van der Waals surface area (Å²) in [6.07, 6.45) is -0.786. The van der Waals surface area contributed by atoms with Crippen molar-refractivity contribution in [3.8, 4) is 0 Å². The van der Waals surface area contributed by atoms with Gasteiger partial charge >= 0.3 is 11.9 Å². The van der Waals surface area contributed by atoms with E-state index in [2.05, 4.69) is 48.6 Å². The number of ether oxygens (including phenoxy) is 2. The molecule has 1 amide bonds. The first-order chi connectivity index (χ1) is 27.0. The van der Waals surface area contributed by atoms with E-state index < -0.39 is 41.4 Å². The molecule has 3 aromatic rings. The quantitative estimate of drug-likeness (QED) is 0.179. The maximum absolute atomic E-state index is 13.2. The van der Waals surface area contributed by atoms with Gasteiger partial charge < -0.3 is 19.5 Å². The maximum atomic E-state index is 13.2. The van der Waals surface area contributed by atoms with Crippen molar-refractivity contribution >= 4 is 5.91 Å². The highest BCUT2D eigenvalue weighted by molar-refractivity contribution is 5.96. The van der Waals surface area contributed by atoms with Gasteiger partial charge in [-0.1, -0.05) is 17.2 Å². The van der Waals surface area contributed by atoms with Crippen molar-refractivity contribution in [1.29, 1.82) is 0 Å². The number of aryl methyl sites for hydroxylation is 3. The first kappa shape index (κ1) is 43.5. The Hall–Kier alpha value is -4.65. The number of halogens is 3. The third-order valence-electron chi connectivity index (χ3n) is 11.4. The van der Waals surface area contributed by atoms with E-state index in [1.54, 1.807) is 26.2 Å². The minimum Gasteiger partial charge on any atom is -0.394 e. The molecule has 3 saturated heterocycles. The number of alkyl halides is 3. The number of piperidine rings is 1. The lowest BCUT2D eigenvalue weighted by atomic mass is 9.86. The van der Waals surface area contributed by atoms with Crippen LogP contribution in [0.2, 0.25) is 0 Å². The third-order valence-corrected chi connectivity index (χ3v) is 11.4. The summed E-state index contributed by atoms with van der Waals surface area (Å²) in [5, 5.41) is 12.7. The van der Waals surface area contributed by atoms with E-state index in [4.69, 9.17) is 20.1 Å². The molecule has 3 aliphatic rings. The van der Waals surface area contributed by atoms with Crippen LogP contribution in [0.25, 0.3) is 10.4 Å². The number of benzene rings is 1. The van der Waals surface area contributed by atoms with Crippen molar-refractivity contribution in [2.75, 3.05) is 53.0 Å². The summed E-state index contributed by atoms with van der Waals surface area (Å²) in [6.45, 7) is 13.6. The third kappa shape index (κ3) is 9.91. The number of carbonyl (C=O) groups is 1. The number of nitrogens with one attached hydrogen (secondary N) is 1. The SMILES string of the molecule is COC[C@@H](c1ccc(C(F)(F)F)cc1)N1CCN(C2(C)CCN(C(=O)c3c(C)ncnc3C)CC2)C[C@@H]1C.Cc1cn([C@H]2C[C@H](N=[N+]=[N-])[C@@H](CO)O2)c(=O)[nH]c1=O. The maximum Gasteiger partial charge on any atom is 0.416 e. The highest BCUT2D eigenvalue weighted by Gasteiger charge is 2.42. The molecule has 5 heterocycles. The highest BCUT2D eigenvalue weighted by Crippen LogP contribution is 2.36. The summed E-state index contributed by atoms with van der Waals surface area (Å²) < 4.78 is 51.4. The summed E-state index contributed by atoms with van der Waals surface area (Å²) in [5.74, 6) is -0.000198. The number of H-pyrrole nitrogens is 1. The zero-order valence-electron chi connectivity index (χ0n) is 33.1. The number of methoxy groups -OCH3 is 1. The topological polar surface area (TPSA) is 195 Å². The van der Waals surface area contributed by atoms with Crippen LogP contribution in [0.5, 0.6) is 0 Å². The predicted molar refractivity (Wildman–Crippen MR) is 203 cm³/mol. The van der Waals surface area contributed by atoms with Gasteiger partial charge in [-0.25, -0.2) is 14.8 Å². The van der Waals surface area contributed by atoms with Crippen molar-refractivity contribution in [3.05, 3.63) is 102 Å². The summed E-state index contributed by atoms with van der Waals surface area (Å²) in [4.78, 5) is 56.2. The number of aromatic amines is 1. The molecule has 3 fully saturated rings. The molecule has 310 valence electrons. The molecule has 19 heteroatoms. The van der Waals surface area contributed by atoms with Crippen LogP contribution in [0.3, 0.4) is 0 Å². The Morgan fingerprint density at radius 3 is 2.33 bits per heavy atom. The smallest absolute Gasteiger partial charge is 0.394 e. The standard InChI is InChI=1S/C28H38F3N5O2.C10H13N5O4/c1-19-16-35(14-15-36(19)24(17-38-5)22-6-8-23(9-7-22)28(29,30)31)27(4)10-12-34(13-11-27)26(37)25-20(2)32-18-33-21(25)3;1-5-3-15(10(18)12-9(5)17)8-2-6(13-14-11)7(4-16)19-8/h6-9,18-19,24H,10-17H2,1-5H3;3,6-8,16H,2,4H2,1H3,(H,12,17,18)/t19-,24-;6-,7+,8+/m00/s1. The molecular formula is C38H51F3N10O6. The predicted octanol–water partition coefficient (Wildman–Crippen LogP) is 4.30. The molecule has 0 spiro atoms. The number of amides is 1. The minimum atomic E-state index is -4.35. The first-order valence-corrected chi connectivity index (χ1v) is 18.9. The number of piperazine rings is 1. The van der Waals surface area contributed by atoms with Crippen molar-refractivity contribution in [3.63, 3.8) is 0 Å². The minimum absolute atomic E-state index is 0.000198. The molecule has 2 N–H and O–H groups in total. The number of carbonyl (C=O) groups excluding carboxylic acids is 1. The van der Waals surface area contributed by atoms with Crippen LogP contribution in [-0.4, -0.2) is 122 Å². The lowest BCUT2D eigenvalue weighted by Crippen LogP contribution is -2.62. The van der Waals surface area contributed by atoms with Crippen LogP contribution in [-0.2, 0) is 15.7 Å². The van der Waals surface area contributed by atoms with Crippen LogP contribution >= 0.6 is 0 Å². The normalized spacial score (nSPS) is 23.3. The average Bonchev–Trinajstić information content (AvgIpc) is 3.58. The molecule has 0 bridgehead atoms. The number of azide groups is 1. The van der Waals surface area contributed by atoms with Gasteiger partial charge in [0.1, 0.15) is 12.6 Å². The molecule has 2 aromatic heterocycles. The van der Waals surface area contributed by atoms with E-state index >= 15 is 0 Å². The Labute approximate surface area is 328 Å². The molecule has 1 aromatic carbocycles. The Morgan fingerprint density at radius 2 is 1.77 bits per heavy atom. The molecule has 57 heavy (non-hydrogen) atoms. The molecule has 3 aliphatic heterocycles. The van der Waals surface area contributed by atoms with Gasteiger partial charge in [0.25, 0.3) is 11.5 Å². The molecule has 6 rings (SSSR count). The Bertz CT molecular complexity index is 2010. The monoisotopic (exact) mass is 800 g/mol. The van der Waals surface area contributed by atoms with Crippen LogP contribution in [0.1, 0.15) is 83.8 Å². The van der Waals surface area contributed by atoms with Crippen LogP contribution in [0.4, 0.5) is 13.2 Å². The number of likely N-dealkylation sites (tertiary alicyclic amines) is 1. The van der Waals surface area contributed by atoms with Crippen molar-refractivity contribution in [1.82, 2.24) is 34.2 Å². The lowest BCUT2D eigenvalue weighted by molar-refractivity contribution is -0.137. The molecule has 0 saturated carbocycles. The molecule has 0 unspecified atom stereocenters. The van der Waals surface area contributed by atoms with E-state index in [1.165, 1.54) is 17.1 Å². The lowest BCUT2D eigenvalue weighted by Gasteiger charge is -2.52. The second-order valence-electron chi connectivity index (χ2n) is 15.1. The molecule has 16 nitrogen and oxygen atoms in total. The number of hydrogen-bond acceptors (Lipinski definition) is 11. The van der Waals surface area contributed by atoms with E-state index in [0.29, 0.717) is 42.2 Å². The number of rotatable bonds is 9. The van der Waals surface area contributed by atoms with Crippen LogP contribution in [0, 0.1) is 20.8 Å². The van der Waals surface area contributed by atoms with Crippen molar-refractivity contribution in [2.45, 2.75) is 96.1 Å². The largest absolute Gasteiger partial charge is 0.416 e. The molecule has 5 atom stereocenters. The van der Waals surface area contributed by atoms with Gasteiger partial charge in [0.2, 0.25) is 0 Å². The number of aromatic nitrogens is 4. The average molecular weight is 801 g/mol. The Balaban J connectivity index is 0.000000273. The number of hydrogen-bond donors (Lipinski definition) is 2. The fourth-order valence-corrected chi connectivity index (χ4v) is 7.97. The number of aliphatic hydroxyl groups excluding tert-OH is 1. The number of aliphatic hydroxyl groups is 1. The molecular weight excluding hydrogens is 749 g/mol. The van der Waals surface area contributed by atoms with Gasteiger partial charge in [0, 0.05) is 74.5 Å². The summed E-state index contributed by atoms with van der Waals surface area (Å²) in [7, 11) is 1.62. The fourth-order valence-electron chi connectivity index (χ4n) is 7.97. The number of nitrogens with zero attached hydrogens (tertiary/aromatic N) is 9. The van der Waals surface area contributed by atoms with Crippen LogP contribution < -0.4 is 11.2 Å². The van der Waals surface area contributed by atoms with E-state index in [-0.39, 0.29) is 36.6 Å². The Kier molecular flexibility index (Phi) is 14.0. The van der Waals surface area contributed by atoms with E-state index in [1.807, 2.05) is 18.7 Å². The van der Waals surface area contributed by atoms with Gasteiger partial charge in [0.05, 0.1) is 53.9 Å². The Morgan fingerprint density at radius 1 is 1.12 bits per heavy atom. The van der Waals surface area contributed by atoms with Gasteiger partial charge in [-0.15, -0.1) is 0 Å². The summed E-state index contributed by atoms with van der Waals surface area (Å²) in [5.41, 5.74) is 9.93. The van der Waals surface area contributed by atoms with Crippen molar-refractivity contribution in [2.24, 2.45) is 5.11 Å².